The molecule has 1 aromatic carbocycles. The fourth-order valence-electron chi connectivity index (χ4n) is 2.76. The predicted octanol–water partition coefficient (Wildman–Crippen LogP) is 4.51. The van der Waals surface area contributed by atoms with E-state index in [4.69, 9.17) is 5.10 Å². The topological polar surface area (TPSA) is 29.9 Å². The highest BCUT2D eigenvalue weighted by Gasteiger charge is 2.21. The van der Waals surface area contributed by atoms with Crippen LogP contribution in [0.2, 0.25) is 0 Å². The Labute approximate surface area is 128 Å². The smallest absolute Gasteiger partial charge is 0.133 e. The van der Waals surface area contributed by atoms with E-state index in [0.29, 0.717) is 5.92 Å². The van der Waals surface area contributed by atoms with Gasteiger partial charge in [0.05, 0.1) is 11.4 Å². The molecule has 20 heavy (non-hydrogen) atoms. The van der Waals surface area contributed by atoms with Crippen LogP contribution in [0.1, 0.15) is 43.9 Å². The van der Waals surface area contributed by atoms with Crippen molar-refractivity contribution in [2.45, 2.75) is 39.0 Å². The summed E-state index contributed by atoms with van der Waals surface area (Å²) in [6, 6.07) is 8.34. The molecule has 0 unspecified atom stereocenters. The third-order valence-electron chi connectivity index (χ3n) is 3.78. The molecule has 3 nitrogen and oxygen atoms in total. The Morgan fingerprint density at radius 2 is 1.95 bits per heavy atom. The van der Waals surface area contributed by atoms with Crippen molar-refractivity contribution in [3.63, 3.8) is 0 Å². The lowest BCUT2D eigenvalue weighted by Gasteiger charge is -2.09. The van der Waals surface area contributed by atoms with Gasteiger partial charge in [-0.15, -0.1) is 0 Å². The fourth-order valence-corrected chi connectivity index (χ4v) is 3.03. The lowest BCUT2D eigenvalue weighted by molar-refractivity contribution is 0.731. The van der Waals surface area contributed by atoms with Gasteiger partial charge >= 0.3 is 0 Å². The van der Waals surface area contributed by atoms with Gasteiger partial charge in [0.15, 0.2) is 0 Å². The summed E-state index contributed by atoms with van der Waals surface area (Å²) in [5.74, 6) is 1.65. The summed E-state index contributed by atoms with van der Waals surface area (Å²) in [7, 11) is 0. The Hall–Kier alpha value is -1.29. The lowest BCUT2D eigenvalue weighted by Crippen LogP contribution is -2.07. The van der Waals surface area contributed by atoms with Crippen molar-refractivity contribution in [1.82, 2.24) is 9.78 Å². The second-order valence-corrected chi connectivity index (χ2v) is 6.55. The van der Waals surface area contributed by atoms with E-state index in [1.807, 2.05) is 0 Å². The minimum Gasteiger partial charge on any atom is -0.370 e. The summed E-state index contributed by atoms with van der Waals surface area (Å²) >= 11 is 3.49. The van der Waals surface area contributed by atoms with Crippen LogP contribution in [-0.2, 0) is 6.42 Å². The SMILES string of the molecule is CC(C)c1nn(-c2ccc(Br)cc2)c2c1CCCCN2. The highest BCUT2D eigenvalue weighted by Crippen LogP contribution is 2.31. The van der Waals surface area contributed by atoms with Gasteiger partial charge in [0.1, 0.15) is 5.82 Å². The van der Waals surface area contributed by atoms with Crippen LogP contribution in [0.4, 0.5) is 5.82 Å². The molecule has 0 spiro atoms. The zero-order chi connectivity index (χ0) is 14.1. The highest BCUT2D eigenvalue weighted by molar-refractivity contribution is 9.10. The molecule has 106 valence electrons. The molecule has 1 N–H and O–H groups in total. The molecule has 1 aromatic heterocycles. The first-order chi connectivity index (χ1) is 9.66. The second kappa shape index (κ2) is 5.60. The van der Waals surface area contributed by atoms with Crippen molar-refractivity contribution < 1.29 is 0 Å². The molecule has 0 atom stereocenters. The van der Waals surface area contributed by atoms with Crippen molar-refractivity contribution in [3.8, 4) is 5.69 Å². The van der Waals surface area contributed by atoms with Crippen LogP contribution >= 0.6 is 15.9 Å². The first kappa shape index (κ1) is 13.7. The number of hydrogen-bond acceptors (Lipinski definition) is 2. The number of rotatable bonds is 2. The number of aromatic nitrogens is 2. The molecule has 0 bridgehead atoms. The third kappa shape index (κ3) is 2.49. The Kier molecular flexibility index (Phi) is 3.83. The van der Waals surface area contributed by atoms with E-state index >= 15 is 0 Å². The van der Waals surface area contributed by atoms with Crippen molar-refractivity contribution in [3.05, 3.63) is 40.0 Å². The molecule has 0 fully saturated rings. The van der Waals surface area contributed by atoms with Gasteiger partial charge in [-0.1, -0.05) is 29.8 Å². The van der Waals surface area contributed by atoms with Gasteiger partial charge in [0.2, 0.25) is 0 Å². The molecule has 1 aliphatic heterocycles. The largest absolute Gasteiger partial charge is 0.370 e. The van der Waals surface area contributed by atoms with Crippen LogP contribution in [0.15, 0.2) is 28.7 Å². The molecule has 0 aliphatic carbocycles. The van der Waals surface area contributed by atoms with Crippen LogP contribution in [-0.4, -0.2) is 16.3 Å². The van der Waals surface area contributed by atoms with Crippen molar-refractivity contribution >= 4 is 21.7 Å². The molecule has 3 rings (SSSR count). The Morgan fingerprint density at radius 1 is 1.20 bits per heavy atom. The van der Waals surface area contributed by atoms with Crippen LogP contribution in [0.25, 0.3) is 5.69 Å². The number of anilines is 1. The standard InChI is InChI=1S/C16H20BrN3/c1-11(2)15-14-5-3-4-10-18-16(14)20(19-15)13-8-6-12(17)7-9-13/h6-9,11,18H,3-5,10H2,1-2H3. The van der Waals surface area contributed by atoms with Crippen LogP contribution in [0, 0.1) is 0 Å². The van der Waals surface area contributed by atoms with Gasteiger partial charge < -0.3 is 5.32 Å². The van der Waals surface area contributed by atoms with E-state index in [1.165, 1.54) is 29.9 Å². The monoisotopic (exact) mass is 333 g/mol. The number of hydrogen-bond donors (Lipinski definition) is 1. The normalized spacial score (nSPS) is 14.8. The van der Waals surface area contributed by atoms with E-state index < -0.39 is 0 Å². The van der Waals surface area contributed by atoms with Crippen LogP contribution < -0.4 is 5.32 Å². The summed E-state index contributed by atoms with van der Waals surface area (Å²) < 4.78 is 3.17. The van der Waals surface area contributed by atoms with Gasteiger partial charge in [0, 0.05) is 16.6 Å². The fraction of sp³-hybridized carbons (Fsp3) is 0.438. The van der Waals surface area contributed by atoms with Crippen molar-refractivity contribution in [2.75, 3.05) is 11.9 Å². The predicted molar refractivity (Wildman–Crippen MR) is 86.8 cm³/mol. The van der Waals surface area contributed by atoms with Crippen LogP contribution in [0.3, 0.4) is 0 Å². The zero-order valence-corrected chi connectivity index (χ0v) is 13.6. The summed E-state index contributed by atoms with van der Waals surface area (Å²) in [4.78, 5) is 0. The number of nitrogens with one attached hydrogen (secondary N) is 1. The first-order valence-corrected chi connectivity index (χ1v) is 8.07. The van der Waals surface area contributed by atoms with E-state index in [9.17, 15) is 0 Å². The second-order valence-electron chi connectivity index (χ2n) is 5.64. The van der Waals surface area contributed by atoms with Crippen molar-refractivity contribution in [1.29, 1.82) is 0 Å². The summed E-state index contributed by atoms with van der Waals surface area (Å²) in [5.41, 5.74) is 3.75. The molecule has 0 radical (unpaired) electrons. The molecular weight excluding hydrogens is 314 g/mol. The van der Waals surface area contributed by atoms with Gasteiger partial charge in [0.25, 0.3) is 0 Å². The van der Waals surface area contributed by atoms with Gasteiger partial charge in [-0.25, -0.2) is 4.68 Å². The maximum atomic E-state index is 4.87. The Balaban J connectivity index is 2.13. The molecule has 1 aliphatic rings. The van der Waals surface area contributed by atoms with Gasteiger partial charge in [-0.3, -0.25) is 0 Å². The summed E-state index contributed by atoms with van der Waals surface area (Å²) in [6.07, 6.45) is 3.60. The van der Waals surface area contributed by atoms with E-state index in [2.05, 4.69) is 64.0 Å². The first-order valence-electron chi connectivity index (χ1n) is 7.28. The molecule has 4 heteroatoms. The highest BCUT2D eigenvalue weighted by atomic mass is 79.9. The van der Waals surface area contributed by atoms with E-state index in [-0.39, 0.29) is 0 Å². The number of fused-ring (bicyclic) bond motifs is 1. The number of halogens is 1. The maximum absolute atomic E-state index is 4.87. The molecule has 2 aromatic rings. The minimum absolute atomic E-state index is 0.459. The Bertz CT molecular complexity index is 599. The molecular formula is C16H20BrN3. The summed E-state index contributed by atoms with van der Waals surface area (Å²) in [6.45, 7) is 5.48. The molecule has 0 saturated heterocycles. The average molecular weight is 334 g/mol. The van der Waals surface area contributed by atoms with Crippen molar-refractivity contribution in [2.24, 2.45) is 0 Å². The molecule has 2 heterocycles. The molecule has 0 saturated carbocycles. The summed E-state index contributed by atoms with van der Waals surface area (Å²) in [5, 5.41) is 8.44. The maximum Gasteiger partial charge on any atom is 0.133 e. The van der Waals surface area contributed by atoms with Gasteiger partial charge in [-0.2, -0.15) is 5.10 Å². The average Bonchev–Trinajstić information content (AvgIpc) is 2.63. The Morgan fingerprint density at radius 3 is 2.65 bits per heavy atom. The third-order valence-corrected chi connectivity index (χ3v) is 4.31. The zero-order valence-electron chi connectivity index (χ0n) is 12.0. The number of benzene rings is 1. The van der Waals surface area contributed by atoms with E-state index in [0.717, 1.165) is 23.1 Å². The lowest BCUT2D eigenvalue weighted by atomic mass is 10.0. The van der Waals surface area contributed by atoms with Crippen LogP contribution in [0.5, 0.6) is 0 Å². The van der Waals surface area contributed by atoms with Gasteiger partial charge in [-0.05, 0) is 49.4 Å². The quantitative estimate of drug-likeness (QED) is 0.876. The number of nitrogens with zero attached hydrogens (tertiary/aromatic N) is 2. The van der Waals surface area contributed by atoms with E-state index in [1.54, 1.807) is 0 Å². The molecule has 0 amide bonds. The minimum atomic E-state index is 0.459.